The van der Waals surface area contributed by atoms with Crippen LogP contribution in [0.25, 0.3) is 16.8 Å². The smallest absolute Gasteiger partial charge is 0.264 e. The van der Waals surface area contributed by atoms with Gasteiger partial charge in [-0.1, -0.05) is 42.5 Å². The molecule has 8 heteroatoms. The number of amides is 1. The Morgan fingerprint density at radius 2 is 1.69 bits per heavy atom. The molecule has 1 heterocycles. The van der Waals surface area contributed by atoms with E-state index in [0.29, 0.717) is 22.4 Å². The van der Waals surface area contributed by atoms with Gasteiger partial charge in [0.25, 0.3) is 5.91 Å². The van der Waals surface area contributed by atoms with E-state index < -0.39 is 0 Å². The minimum absolute atomic E-state index is 0.184. The molecule has 1 aliphatic rings. The van der Waals surface area contributed by atoms with Crippen molar-refractivity contribution < 1.29 is 14.3 Å². The minimum Gasteiger partial charge on any atom is -0.497 e. The molecular formula is C28H20Br2N2O3S. The molecule has 0 bridgehead atoms. The molecule has 5 rings (SSSR count). The average Bonchev–Trinajstić information content (AvgIpc) is 3.22. The first-order chi connectivity index (χ1) is 17.5. The maximum Gasteiger partial charge on any atom is 0.264 e. The number of carbonyl (C=O) groups excluding carboxylic acids is 1. The number of amidine groups is 1. The number of carbonyl (C=O) groups is 1. The third-order valence-electron chi connectivity index (χ3n) is 5.52. The predicted molar refractivity (Wildman–Crippen MR) is 154 cm³/mol. The Morgan fingerprint density at radius 1 is 0.972 bits per heavy atom. The highest BCUT2D eigenvalue weighted by Gasteiger charge is 2.24. The van der Waals surface area contributed by atoms with Crippen molar-refractivity contribution in [2.45, 2.75) is 6.61 Å². The Hall–Kier alpha value is -3.07. The molecule has 1 saturated heterocycles. The molecule has 1 aliphatic heterocycles. The standard InChI is InChI=1S/C28H20Br2N2O3S/c1-34-21-11-9-20(10-12-21)31-28-32-27(33)25(36-28)15-17-13-23(29)26(24(30)14-17)35-16-19-7-4-6-18-5-2-3-8-22(18)19/h2-15H,16H2,1H3,(H,31,32,33)/b25-15-. The van der Waals surface area contributed by atoms with Crippen molar-refractivity contribution in [1.82, 2.24) is 5.32 Å². The van der Waals surface area contributed by atoms with E-state index in [1.165, 1.54) is 22.5 Å². The molecule has 4 aromatic rings. The summed E-state index contributed by atoms with van der Waals surface area (Å²) in [5, 5.41) is 5.71. The lowest BCUT2D eigenvalue weighted by Gasteiger charge is -2.13. The van der Waals surface area contributed by atoms with E-state index in [2.05, 4.69) is 66.4 Å². The number of aliphatic imine (C=N–C) groups is 1. The van der Waals surface area contributed by atoms with E-state index in [0.717, 1.165) is 31.5 Å². The number of benzene rings is 4. The summed E-state index contributed by atoms with van der Waals surface area (Å²) in [5.41, 5.74) is 2.70. The lowest BCUT2D eigenvalue weighted by atomic mass is 10.1. The van der Waals surface area contributed by atoms with Gasteiger partial charge in [-0.15, -0.1) is 0 Å². The maximum absolute atomic E-state index is 12.5. The number of hydrogen-bond donors (Lipinski definition) is 1. The number of ether oxygens (including phenoxy) is 2. The molecule has 1 N–H and O–H groups in total. The largest absolute Gasteiger partial charge is 0.497 e. The van der Waals surface area contributed by atoms with Crippen LogP contribution in [0.4, 0.5) is 5.69 Å². The molecule has 0 saturated carbocycles. The predicted octanol–water partition coefficient (Wildman–Crippen LogP) is 7.84. The van der Waals surface area contributed by atoms with Gasteiger partial charge in [0.05, 0.1) is 26.6 Å². The van der Waals surface area contributed by atoms with Crippen molar-refractivity contribution in [3.8, 4) is 11.5 Å². The fraction of sp³-hybridized carbons (Fsp3) is 0.0714. The SMILES string of the molecule is COc1ccc(N=C2NC(=O)/C(=C/c3cc(Br)c(OCc4cccc5ccccc45)c(Br)c3)S2)cc1. The first kappa shape index (κ1) is 24.6. The molecular weight excluding hydrogens is 604 g/mol. The highest BCUT2D eigenvalue weighted by Crippen LogP contribution is 2.37. The summed E-state index contributed by atoms with van der Waals surface area (Å²) in [5.74, 6) is 1.27. The van der Waals surface area contributed by atoms with E-state index >= 15 is 0 Å². The van der Waals surface area contributed by atoms with Crippen LogP contribution >= 0.6 is 43.6 Å². The number of methoxy groups -OCH3 is 1. The van der Waals surface area contributed by atoms with Crippen LogP contribution in [0, 0.1) is 0 Å². The van der Waals surface area contributed by atoms with Crippen LogP contribution in [0.3, 0.4) is 0 Å². The van der Waals surface area contributed by atoms with Crippen LogP contribution in [0.2, 0.25) is 0 Å². The summed E-state index contributed by atoms with van der Waals surface area (Å²) in [6, 6.07) is 25.7. The van der Waals surface area contributed by atoms with E-state index in [1.54, 1.807) is 7.11 Å². The van der Waals surface area contributed by atoms with E-state index in [9.17, 15) is 4.79 Å². The van der Waals surface area contributed by atoms with Gasteiger partial charge in [-0.2, -0.15) is 0 Å². The Kier molecular flexibility index (Phi) is 7.46. The van der Waals surface area contributed by atoms with Crippen LogP contribution in [-0.4, -0.2) is 18.2 Å². The van der Waals surface area contributed by atoms with Gasteiger partial charge in [-0.05, 0) is 108 Å². The number of thioether (sulfide) groups is 1. The minimum atomic E-state index is -0.184. The second kappa shape index (κ2) is 10.9. The molecule has 1 fully saturated rings. The molecule has 0 aromatic heterocycles. The number of rotatable bonds is 6. The van der Waals surface area contributed by atoms with Crippen molar-refractivity contribution in [3.05, 3.63) is 104 Å². The number of halogens is 2. The van der Waals surface area contributed by atoms with Gasteiger partial charge in [-0.25, -0.2) is 4.99 Å². The highest BCUT2D eigenvalue weighted by molar-refractivity contribution is 9.11. The zero-order chi connectivity index (χ0) is 25.1. The molecule has 1 amide bonds. The lowest BCUT2D eigenvalue weighted by Crippen LogP contribution is -2.19. The second-order valence-electron chi connectivity index (χ2n) is 7.92. The first-order valence-corrected chi connectivity index (χ1v) is 13.4. The number of nitrogens with one attached hydrogen (secondary N) is 1. The van der Waals surface area contributed by atoms with Gasteiger partial charge in [0.15, 0.2) is 5.17 Å². The summed E-state index contributed by atoms with van der Waals surface area (Å²) in [7, 11) is 1.62. The third-order valence-corrected chi connectivity index (χ3v) is 7.61. The van der Waals surface area contributed by atoms with Crippen molar-refractivity contribution in [1.29, 1.82) is 0 Å². The van der Waals surface area contributed by atoms with Gasteiger partial charge >= 0.3 is 0 Å². The quantitative estimate of drug-likeness (QED) is 0.222. The van der Waals surface area contributed by atoms with Crippen LogP contribution in [0.15, 0.2) is 97.7 Å². The van der Waals surface area contributed by atoms with Crippen LogP contribution in [0.1, 0.15) is 11.1 Å². The Labute approximate surface area is 229 Å². The lowest BCUT2D eigenvalue weighted by molar-refractivity contribution is -0.115. The molecule has 0 spiro atoms. The second-order valence-corrected chi connectivity index (χ2v) is 10.7. The van der Waals surface area contributed by atoms with Crippen LogP contribution in [-0.2, 0) is 11.4 Å². The third kappa shape index (κ3) is 5.51. The molecule has 0 unspecified atom stereocenters. The van der Waals surface area contributed by atoms with E-state index in [-0.39, 0.29) is 5.91 Å². The average molecular weight is 624 g/mol. The number of nitrogens with zero attached hydrogens (tertiary/aromatic N) is 1. The maximum atomic E-state index is 12.5. The van der Waals surface area contributed by atoms with Gasteiger partial charge in [0, 0.05) is 0 Å². The summed E-state index contributed by atoms with van der Waals surface area (Å²) >= 11 is 8.56. The van der Waals surface area contributed by atoms with Gasteiger partial charge < -0.3 is 14.8 Å². The summed E-state index contributed by atoms with van der Waals surface area (Å²) in [6.45, 7) is 0.433. The molecule has 0 aliphatic carbocycles. The van der Waals surface area contributed by atoms with Crippen molar-refractivity contribution in [2.75, 3.05) is 7.11 Å². The van der Waals surface area contributed by atoms with Crippen LogP contribution in [0.5, 0.6) is 11.5 Å². The number of hydrogen-bond acceptors (Lipinski definition) is 5. The fourth-order valence-corrected chi connectivity index (χ4v) is 6.07. The van der Waals surface area contributed by atoms with Crippen LogP contribution < -0.4 is 14.8 Å². The Bertz CT molecular complexity index is 1490. The molecule has 36 heavy (non-hydrogen) atoms. The van der Waals surface area contributed by atoms with E-state index in [1.807, 2.05) is 60.7 Å². The van der Waals surface area contributed by atoms with E-state index in [4.69, 9.17) is 9.47 Å². The van der Waals surface area contributed by atoms with Gasteiger partial charge in [0.2, 0.25) is 0 Å². The highest BCUT2D eigenvalue weighted by atomic mass is 79.9. The molecule has 5 nitrogen and oxygen atoms in total. The summed E-state index contributed by atoms with van der Waals surface area (Å²) in [6.07, 6.45) is 1.83. The topological polar surface area (TPSA) is 59.9 Å². The monoisotopic (exact) mass is 622 g/mol. The summed E-state index contributed by atoms with van der Waals surface area (Å²) < 4.78 is 12.9. The molecule has 4 aromatic carbocycles. The van der Waals surface area contributed by atoms with Gasteiger partial charge in [-0.3, -0.25) is 4.79 Å². The van der Waals surface area contributed by atoms with Gasteiger partial charge in [0.1, 0.15) is 18.1 Å². The molecule has 0 radical (unpaired) electrons. The van der Waals surface area contributed by atoms with Crippen molar-refractivity contribution >= 4 is 77.2 Å². The zero-order valence-corrected chi connectivity index (χ0v) is 23.1. The molecule has 180 valence electrons. The van der Waals surface area contributed by atoms with Crippen molar-refractivity contribution in [2.24, 2.45) is 4.99 Å². The van der Waals surface area contributed by atoms with Crippen molar-refractivity contribution in [3.63, 3.8) is 0 Å². The normalized spacial score (nSPS) is 15.5. The fourth-order valence-electron chi connectivity index (χ4n) is 3.77. The zero-order valence-electron chi connectivity index (χ0n) is 19.1. The molecule has 0 atom stereocenters. The Morgan fingerprint density at radius 3 is 2.44 bits per heavy atom. The first-order valence-electron chi connectivity index (χ1n) is 11.0. The Balaban J connectivity index is 1.32. The summed E-state index contributed by atoms with van der Waals surface area (Å²) in [4.78, 5) is 17.6. The number of fused-ring (bicyclic) bond motifs is 1.